The molecule has 0 N–H and O–H groups in total. The number of nitrogens with zero attached hydrogens (tertiary/aromatic N) is 1. The van der Waals surface area contributed by atoms with Gasteiger partial charge < -0.3 is 14.1 Å². The molecule has 0 aliphatic rings. The van der Waals surface area contributed by atoms with Crippen LogP contribution in [0.25, 0.3) is 11.0 Å². The smallest absolute Gasteiger partial charge is 0.227 e. The SMILES string of the molecule is CCCCN(CC)C(=O)Cc1c(C(=O)C(C)CC)oc2ccc(OC)cc12. The first-order valence-corrected chi connectivity index (χ1v) is 9.88. The van der Waals surface area contributed by atoms with Crippen molar-refractivity contribution in [3.63, 3.8) is 0 Å². The first-order valence-electron chi connectivity index (χ1n) is 9.88. The van der Waals surface area contributed by atoms with E-state index >= 15 is 0 Å². The van der Waals surface area contributed by atoms with Gasteiger partial charge in [-0.05, 0) is 38.0 Å². The Morgan fingerprint density at radius 3 is 2.56 bits per heavy atom. The Morgan fingerprint density at radius 2 is 1.96 bits per heavy atom. The first kappa shape index (κ1) is 21.0. The molecule has 1 heterocycles. The van der Waals surface area contributed by atoms with Gasteiger partial charge in [0.25, 0.3) is 0 Å². The Labute approximate surface area is 161 Å². The standard InChI is InChI=1S/C22H31NO4/c1-6-9-12-23(8-3)20(24)14-18-17-13-16(26-5)10-11-19(17)27-22(18)21(25)15(4)7-2/h10-11,13,15H,6-9,12,14H2,1-5H3. The van der Waals surface area contributed by atoms with Gasteiger partial charge in [0.05, 0.1) is 13.5 Å². The zero-order valence-electron chi connectivity index (χ0n) is 17.1. The molecule has 148 valence electrons. The van der Waals surface area contributed by atoms with Crippen LogP contribution in [0.2, 0.25) is 0 Å². The van der Waals surface area contributed by atoms with Crippen LogP contribution in [0.1, 0.15) is 63.1 Å². The average Bonchev–Trinajstić information content (AvgIpc) is 3.04. The number of amides is 1. The van der Waals surface area contributed by atoms with E-state index in [0.29, 0.717) is 29.2 Å². The molecule has 1 aromatic carbocycles. The van der Waals surface area contributed by atoms with E-state index in [1.165, 1.54) is 0 Å². The lowest BCUT2D eigenvalue weighted by atomic mass is 9.96. The summed E-state index contributed by atoms with van der Waals surface area (Å²) in [6.07, 6.45) is 2.89. The highest BCUT2D eigenvalue weighted by molar-refractivity contribution is 6.03. The molecule has 1 amide bonds. The fraction of sp³-hybridized carbons (Fsp3) is 0.545. The summed E-state index contributed by atoms with van der Waals surface area (Å²) in [4.78, 5) is 27.6. The monoisotopic (exact) mass is 373 g/mol. The minimum absolute atomic E-state index is 0.0228. The maximum atomic E-state index is 12.9. The zero-order chi connectivity index (χ0) is 20.0. The number of ether oxygens (including phenoxy) is 1. The summed E-state index contributed by atoms with van der Waals surface area (Å²) in [7, 11) is 1.60. The van der Waals surface area contributed by atoms with Crippen LogP contribution in [0, 0.1) is 5.92 Å². The minimum atomic E-state index is -0.149. The summed E-state index contributed by atoms with van der Waals surface area (Å²) >= 11 is 0. The fourth-order valence-electron chi connectivity index (χ4n) is 3.11. The van der Waals surface area contributed by atoms with Crippen molar-refractivity contribution in [2.24, 2.45) is 5.92 Å². The Kier molecular flexibility index (Phi) is 7.45. The number of hydrogen-bond donors (Lipinski definition) is 0. The number of fused-ring (bicyclic) bond motifs is 1. The summed E-state index contributed by atoms with van der Waals surface area (Å²) in [5.41, 5.74) is 1.29. The molecule has 0 bridgehead atoms. The normalized spacial score (nSPS) is 12.2. The molecule has 2 rings (SSSR count). The van der Waals surface area contributed by atoms with Crippen LogP contribution in [0.4, 0.5) is 0 Å². The predicted molar refractivity (Wildman–Crippen MR) is 107 cm³/mol. The van der Waals surface area contributed by atoms with Crippen molar-refractivity contribution in [3.05, 3.63) is 29.5 Å². The van der Waals surface area contributed by atoms with E-state index in [0.717, 1.165) is 31.2 Å². The number of carbonyl (C=O) groups excluding carboxylic acids is 2. The number of unbranched alkanes of at least 4 members (excludes halogenated alkanes) is 1. The molecule has 0 aliphatic carbocycles. The molecule has 5 nitrogen and oxygen atoms in total. The van der Waals surface area contributed by atoms with E-state index in [2.05, 4.69) is 6.92 Å². The molecule has 5 heteroatoms. The molecule has 0 aliphatic heterocycles. The zero-order valence-corrected chi connectivity index (χ0v) is 17.1. The highest BCUT2D eigenvalue weighted by Gasteiger charge is 2.26. The van der Waals surface area contributed by atoms with Crippen LogP contribution in [0.3, 0.4) is 0 Å². The largest absolute Gasteiger partial charge is 0.497 e. The number of ketones is 1. The molecule has 0 fully saturated rings. The van der Waals surface area contributed by atoms with Gasteiger partial charge in [-0.2, -0.15) is 0 Å². The number of benzene rings is 1. The summed E-state index contributed by atoms with van der Waals surface area (Å²) in [6, 6.07) is 5.44. The van der Waals surface area contributed by atoms with Crippen LogP contribution in [0.5, 0.6) is 5.75 Å². The Bertz CT molecular complexity index is 793. The van der Waals surface area contributed by atoms with Crippen molar-refractivity contribution in [2.45, 2.75) is 53.4 Å². The van der Waals surface area contributed by atoms with Crippen molar-refractivity contribution >= 4 is 22.7 Å². The van der Waals surface area contributed by atoms with Gasteiger partial charge in [-0.3, -0.25) is 9.59 Å². The third-order valence-electron chi connectivity index (χ3n) is 5.13. The molecule has 1 atom stereocenters. The third-order valence-corrected chi connectivity index (χ3v) is 5.13. The van der Waals surface area contributed by atoms with Crippen LogP contribution in [-0.2, 0) is 11.2 Å². The number of rotatable bonds is 10. The molecule has 0 saturated carbocycles. The maximum Gasteiger partial charge on any atom is 0.227 e. The maximum absolute atomic E-state index is 12.9. The molecule has 1 aromatic heterocycles. The van der Waals surface area contributed by atoms with Gasteiger partial charge in [0, 0.05) is 30.0 Å². The quantitative estimate of drug-likeness (QED) is 0.558. The number of likely N-dealkylation sites (N-methyl/N-ethyl adjacent to an activating group) is 1. The van der Waals surface area contributed by atoms with Crippen LogP contribution >= 0.6 is 0 Å². The van der Waals surface area contributed by atoms with Crippen LogP contribution in [0.15, 0.2) is 22.6 Å². The van der Waals surface area contributed by atoms with E-state index < -0.39 is 0 Å². The van der Waals surface area contributed by atoms with Gasteiger partial charge in [0.2, 0.25) is 11.7 Å². The van der Waals surface area contributed by atoms with Crippen molar-refractivity contribution in [3.8, 4) is 5.75 Å². The van der Waals surface area contributed by atoms with E-state index in [4.69, 9.17) is 9.15 Å². The first-order chi connectivity index (χ1) is 13.0. The highest BCUT2D eigenvalue weighted by atomic mass is 16.5. The summed E-state index contributed by atoms with van der Waals surface area (Å²) < 4.78 is 11.2. The summed E-state index contributed by atoms with van der Waals surface area (Å²) in [5, 5.41) is 0.779. The van der Waals surface area contributed by atoms with Gasteiger partial charge in [-0.1, -0.05) is 27.2 Å². The van der Waals surface area contributed by atoms with Gasteiger partial charge in [0.15, 0.2) is 5.76 Å². The van der Waals surface area contributed by atoms with Crippen molar-refractivity contribution < 1.29 is 18.7 Å². The van der Waals surface area contributed by atoms with Gasteiger partial charge in [-0.25, -0.2) is 0 Å². The Balaban J connectivity index is 2.47. The van der Waals surface area contributed by atoms with E-state index in [1.54, 1.807) is 19.2 Å². The average molecular weight is 373 g/mol. The number of furan rings is 1. The number of methoxy groups -OCH3 is 1. The van der Waals surface area contributed by atoms with Crippen LogP contribution in [-0.4, -0.2) is 36.8 Å². The van der Waals surface area contributed by atoms with E-state index in [1.807, 2.05) is 31.7 Å². The fourth-order valence-corrected chi connectivity index (χ4v) is 3.11. The number of Topliss-reactive ketones (excluding diaryl/α,β-unsaturated/α-hetero) is 1. The topological polar surface area (TPSA) is 59.8 Å². The van der Waals surface area contributed by atoms with Gasteiger partial charge >= 0.3 is 0 Å². The summed E-state index contributed by atoms with van der Waals surface area (Å²) in [6.45, 7) is 9.35. The Morgan fingerprint density at radius 1 is 1.22 bits per heavy atom. The van der Waals surface area contributed by atoms with E-state index in [9.17, 15) is 9.59 Å². The molecule has 0 radical (unpaired) electrons. The number of carbonyl (C=O) groups is 2. The van der Waals surface area contributed by atoms with Gasteiger partial charge in [0.1, 0.15) is 11.3 Å². The Hall–Kier alpha value is -2.30. The second-order valence-corrected chi connectivity index (χ2v) is 6.95. The second kappa shape index (κ2) is 9.58. The molecular formula is C22H31NO4. The van der Waals surface area contributed by atoms with Crippen molar-refractivity contribution in [1.82, 2.24) is 4.90 Å². The lowest BCUT2D eigenvalue weighted by Crippen LogP contribution is -2.33. The molecule has 2 aromatic rings. The highest BCUT2D eigenvalue weighted by Crippen LogP contribution is 2.32. The van der Waals surface area contributed by atoms with Gasteiger partial charge in [-0.15, -0.1) is 0 Å². The second-order valence-electron chi connectivity index (χ2n) is 6.95. The van der Waals surface area contributed by atoms with Crippen molar-refractivity contribution in [2.75, 3.05) is 20.2 Å². The molecular weight excluding hydrogens is 342 g/mol. The lowest BCUT2D eigenvalue weighted by Gasteiger charge is -2.20. The molecule has 1 unspecified atom stereocenters. The molecule has 0 spiro atoms. The van der Waals surface area contributed by atoms with Crippen molar-refractivity contribution in [1.29, 1.82) is 0 Å². The number of hydrogen-bond acceptors (Lipinski definition) is 4. The molecule has 0 saturated heterocycles. The van der Waals surface area contributed by atoms with E-state index in [-0.39, 0.29) is 24.0 Å². The third kappa shape index (κ3) is 4.71. The summed E-state index contributed by atoms with van der Waals surface area (Å²) in [5.74, 6) is 0.816. The predicted octanol–water partition coefficient (Wildman–Crippen LogP) is 4.86. The van der Waals surface area contributed by atoms with Crippen LogP contribution < -0.4 is 4.74 Å². The lowest BCUT2D eigenvalue weighted by molar-refractivity contribution is -0.130. The molecule has 27 heavy (non-hydrogen) atoms. The minimum Gasteiger partial charge on any atom is -0.497 e.